The number of hydrogen-bond donors (Lipinski definition) is 0. The van der Waals surface area contributed by atoms with Crippen molar-refractivity contribution in [2.24, 2.45) is 0 Å². The minimum Gasteiger partial charge on any atom is -0.268 e. The lowest BCUT2D eigenvalue weighted by molar-refractivity contribution is 0.427. The van der Waals surface area contributed by atoms with Gasteiger partial charge in [0.25, 0.3) is 0 Å². The first-order valence-corrected chi connectivity index (χ1v) is 4.94. The third-order valence-corrected chi connectivity index (χ3v) is 2.24. The second kappa shape index (κ2) is 4.58. The molecular weight excluding hydrogens is 205 g/mol. The second-order valence-corrected chi connectivity index (χ2v) is 3.32. The van der Waals surface area contributed by atoms with Gasteiger partial charge in [-0.05, 0) is 0 Å². The summed E-state index contributed by atoms with van der Waals surface area (Å²) >= 11 is 0. The minimum atomic E-state index is -0.485. The van der Waals surface area contributed by atoms with E-state index in [1.165, 1.54) is 4.68 Å². The third-order valence-electron chi connectivity index (χ3n) is 2.24. The van der Waals surface area contributed by atoms with Crippen LogP contribution in [0.1, 0.15) is 5.56 Å². The first-order chi connectivity index (χ1) is 7.85. The average Bonchev–Trinajstić information content (AvgIpc) is 2.74. The van der Waals surface area contributed by atoms with Crippen molar-refractivity contribution in [2.75, 3.05) is 6.67 Å². The van der Waals surface area contributed by atoms with E-state index >= 15 is 0 Å². The predicted molar refractivity (Wildman–Crippen MR) is 58.4 cm³/mol. The zero-order valence-electron chi connectivity index (χ0n) is 8.60. The van der Waals surface area contributed by atoms with Gasteiger partial charge in [0.2, 0.25) is 0 Å². The molecule has 0 aliphatic rings. The number of hydrogen-bond acceptors (Lipinski definition) is 2. The van der Waals surface area contributed by atoms with Gasteiger partial charge in [0.05, 0.1) is 12.1 Å². The van der Waals surface area contributed by atoms with Crippen LogP contribution in [0.15, 0.2) is 36.5 Å². The Bertz CT molecular complexity index is 511. The molecule has 0 unspecified atom stereocenters. The third kappa shape index (κ3) is 1.94. The van der Waals surface area contributed by atoms with Crippen LogP contribution in [0.25, 0.3) is 11.3 Å². The maximum Gasteiger partial charge on any atom is 0.110 e. The Morgan fingerprint density at radius 1 is 1.31 bits per heavy atom. The van der Waals surface area contributed by atoms with Gasteiger partial charge in [0.15, 0.2) is 0 Å². The highest BCUT2D eigenvalue weighted by Crippen LogP contribution is 2.20. The van der Waals surface area contributed by atoms with Gasteiger partial charge in [-0.25, -0.2) is 4.39 Å². The van der Waals surface area contributed by atoms with E-state index in [9.17, 15) is 4.39 Å². The molecule has 0 saturated carbocycles. The maximum atomic E-state index is 12.2. The lowest BCUT2D eigenvalue weighted by Crippen LogP contribution is -1.99. The minimum absolute atomic E-state index is 0.182. The predicted octanol–water partition coefficient (Wildman–Crippen LogP) is 2.39. The topological polar surface area (TPSA) is 41.6 Å². The van der Waals surface area contributed by atoms with E-state index in [1.54, 1.807) is 6.20 Å². The number of halogens is 1. The van der Waals surface area contributed by atoms with Crippen molar-refractivity contribution in [3.63, 3.8) is 0 Å². The van der Waals surface area contributed by atoms with Crippen molar-refractivity contribution >= 4 is 0 Å². The summed E-state index contributed by atoms with van der Waals surface area (Å²) in [6.07, 6.45) is 1.57. The standard InChI is InChI=1S/C12H10FN3/c13-6-7-16-9-11(8-14)12(15-16)10-4-2-1-3-5-10/h1-5,9H,6-7H2. The number of rotatable bonds is 3. The second-order valence-electron chi connectivity index (χ2n) is 3.32. The molecule has 0 N–H and O–H groups in total. The van der Waals surface area contributed by atoms with Crippen LogP contribution in [0, 0.1) is 11.3 Å². The Kier molecular flexibility index (Phi) is 2.97. The highest BCUT2D eigenvalue weighted by atomic mass is 19.1. The molecule has 0 atom stereocenters. The summed E-state index contributed by atoms with van der Waals surface area (Å²) in [7, 11) is 0. The lowest BCUT2D eigenvalue weighted by atomic mass is 10.1. The van der Waals surface area contributed by atoms with Crippen molar-refractivity contribution in [1.29, 1.82) is 5.26 Å². The fourth-order valence-corrected chi connectivity index (χ4v) is 1.51. The van der Waals surface area contributed by atoms with E-state index < -0.39 is 6.67 Å². The first-order valence-electron chi connectivity index (χ1n) is 4.94. The Labute approximate surface area is 92.7 Å². The van der Waals surface area contributed by atoms with E-state index in [4.69, 9.17) is 5.26 Å². The van der Waals surface area contributed by atoms with Crippen LogP contribution in [0.2, 0.25) is 0 Å². The Balaban J connectivity index is 2.45. The van der Waals surface area contributed by atoms with E-state index in [1.807, 2.05) is 30.3 Å². The zero-order valence-corrected chi connectivity index (χ0v) is 8.60. The molecule has 0 aliphatic heterocycles. The molecule has 1 aromatic heterocycles. The number of aromatic nitrogens is 2. The molecule has 0 saturated heterocycles. The summed E-state index contributed by atoms with van der Waals surface area (Å²) in [6.45, 7) is -0.303. The molecule has 0 radical (unpaired) electrons. The molecule has 3 nitrogen and oxygen atoms in total. The molecule has 2 aromatic rings. The van der Waals surface area contributed by atoms with E-state index in [-0.39, 0.29) is 6.54 Å². The molecule has 0 aliphatic carbocycles. The van der Waals surface area contributed by atoms with Crippen molar-refractivity contribution in [1.82, 2.24) is 9.78 Å². The molecule has 0 fully saturated rings. The smallest absolute Gasteiger partial charge is 0.110 e. The molecule has 0 bridgehead atoms. The van der Waals surface area contributed by atoms with Crippen LogP contribution in [-0.2, 0) is 6.54 Å². The molecular formula is C12H10FN3. The van der Waals surface area contributed by atoms with Gasteiger partial charge < -0.3 is 0 Å². The normalized spacial score (nSPS) is 10.0. The molecule has 80 valence electrons. The summed E-state index contributed by atoms with van der Waals surface area (Å²) in [4.78, 5) is 0. The van der Waals surface area contributed by atoms with Crippen molar-refractivity contribution < 1.29 is 4.39 Å². The molecule has 1 heterocycles. The van der Waals surface area contributed by atoms with E-state index in [0.717, 1.165) is 5.56 Å². The largest absolute Gasteiger partial charge is 0.268 e. The molecule has 1 aromatic carbocycles. The number of alkyl halides is 1. The Morgan fingerprint density at radius 3 is 2.69 bits per heavy atom. The Hall–Kier alpha value is -2.15. The van der Waals surface area contributed by atoms with Gasteiger partial charge in [-0.1, -0.05) is 30.3 Å². The van der Waals surface area contributed by atoms with Crippen LogP contribution in [-0.4, -0.2) is 16.5 Å². The van der Waals surface area contributed by atoms with Gasteiger partial charge in [-0.15, -0.1) is 0 Å². The van der Waals surface area contributed by atoms with Gasteiger partial charge in [0, 0.05) is 11.8 Å². The number of nitrogens with zero attached hydrogens (tertiary/aromatic N) is 3. The SMILES string of the molecule is N#Cc1cn(CCF)nc1-c1ccccc1. The van der Waals surface area contributed by atoms with Gasteiger partial charge >= 0.3 is 0 Å². The fourth-order valence-electron chi connectivity index (χ4n) is 1.51. The summed E-state index contributed by atoms with van der Waals surface area (Å²) < 4.78 is 13.6. The summed E-state index contributed by atoms with van der Waals surface area (Å²) in [5.41, 5.74) is 1.95. The van der Waals surface area contributed by atoms with Crippen LogP contribution < -0.4 is 0 Å². The summed E-state index contributed by atoms with van der Waals surface area (Å²) in [5, 5.41) is 13.2. The Morgan fingerprint density at radius 2 is 2.06 bits per heavy atom. The lowest BCUT2D eigenvalue weighted by Gasteiger charge is -1.96. The van der Waals surface area contributed by atoms with E-state index in [2.05, 4.69) is 11.2 Å². The first kappa shape index (κ1) is 10.4. The van der Waals surface area contributed by atoms with Crippen LogP contribution in [0.4, 0.5) is 4.39 Å². The maximum absolute atomic E-state index is 12.2. The molecule has 2 rings (SSSR count). The van der Waals surface area contributed by atoms with Crippen LogP contribution in [0.3, 0.4) is 0 Å². The van der Waals surface area contributed by atoms with E-state index in [0.29, 0.717) is 11.3 Å². The van der Waals surface area contributed by atoms with Crippen molar-refractivity contribution in [2.45, 2.75) is 6.54 Å². The van der Waals surface area contributed by atoms with Crippen LogP contribution in [0.5, 0.6) is 0 Å². The molecule has 0 spiro atoms. The fraction of sp³-hybridized carbons (Fsp3) is 0.167. The number of nitriles is 1. The summed E-state index contributed by atoms with van der Waals surface area (Å²) in [6, 6.07) is 11.5. The quantitative estimate of drug-likeness (QED) is 0.788. The average molecular weight is 215 g/mol. The van der Waals surface area contributed by atoms with Crippen molar-refractivity contribution in [3.8, 4) is 17.3 Å². The number of benzene rings is 1. The van der Waals surface area contributed by atoms with Crippen LogP contribution >= 0.6 is 0 Å². The van der Waals surface area contributed by atoms with Gasteiger partial charge in [-0.3, -0.25) is 4.68 Å². The monoisotopic (exact) mass is 215 g/mol. The molecule has 0 amide bonds. The van der Waals surface area contributed by atoms with Gasteiger partial charge in [0.1, 0.15) is 18.4 Å². The van der Waals surface area contributed by atoms with Crippen molar-refractivity contribution in [3.05, 3.63) is 42.1 Å². The number of aryl methyl sites for hydroxylation is 1. The zero-order chi connectivity index (χ0) is 11.4. The van der Waals surface area contributed by atoms with Gasteiger partial charge in [-0.2, -0.15) is 10.4 Å². The molecule has 4 heteroatoms. The summed E-state index contributed by atoms with van der Waals surface area (Å²) in [5.74, 6) is 0. The highest BCUT2D eigenvalue weighted by molar-refractivity contribution is 5.65. The molecule has 16 heavy (non-hydrogen) atoms. The highest BCUT2D eigenvalue weighted by Gasteiger charge is 2.09.